The van der Waals surface area contributed by atoms with Crippen LogP contribution in [0, 0.1) is 6.92 Å². The summed E-state index contributed by atoms with van der Waals surface area (Å²) in [5.74, 6) is 0.0973. The number of ketones is 1. The normalized spacial score (nSPS) is 10.8. The van der Waals surface area contributed by atoms with Crippen molar-refractivity contribution >= 4 is 28.0 Å². The van der Waals surface area contributed by atoms with Gasteiger partial charge in [0.2, 0.25) is 0 Å². The molecule has 0 atom stereocenters. The van der Waals surface area contributed by atoms with E-state index >= 15 is 0 Å². The van der Waals surface area contributed by atoms with E-state index in [9.17, 15) is 4.79 Å². The van der Waals surface area contributed by atoms with Crippen molar-refractivity contribution in [1.82, 2.24) is 9.97 Å². The summed E-state index contributed by atoms with van der Waals surface area (Å²) in [6.07, 6.45) is 2.12. The van der Waals surface area contributed by atoms with Gasteiger partial charge in [0.25, 0.3) is 0 Å². The number of carbonyl (C=O) groups excluding carboxylic acids is 1. The molecule has 0 aliphatic rings. The Balaban J connectivity index is 1.89. The van der Waals surface area contributed by atoms with E-state index in [1.165, 1.54) is 11.3 Å². The van der Waals surface area contributed by atoms with Crippen LogP contribution in [0.2, 0.25) is 0 Å². The van der Waals surface area contributed by atoms with Gasteiger partial charge in [-0.2, -0.15) is 0 Å². The molecule has 0 spiro atoms. The Morgan fingerprint density at radius 3 is 3.00 bits per heavy atom. The zero-order valence-electron chi connectivity index (χ0n) is 10.5. The lowest BCUT2D eigenvalue weighted by atomic mass is 10.1. The monoisotopic (exact) mass is 268 g/mol. The minimum atomic E-state index is 0.0973. The molecule has 0 aliphatic heterocycles. The van der Waals surface area contributed by atoms with E-state index in [1.54, 1.807) is 6.20 Å². The molecule has 0 saturated heterocycles. The highest BCUT2D eigenvalue weighted by Gasteiger charge is 2.10. The number of aryl methyl sites for hydroxylation is 1. The minimum absolute atomic E-state index is 0.0973. The van der Waals surface area contributed by atoms with Gasteiger partial charge in [-0.3, -0.25) is 9.78 Å². The first kappa shape index (κ1) is 12.0. The van der Waals surface area contributed by atoms with E-state index in [0.29, 0.717) is 12.0 Å². The Labute approximate surface area is 115 Å². The van der Waals surface area contributed by atoms with Crippen LogP contribution in [0.5, 0.6) is 0 Å². The highest BCUT2D eigenvalue weighted by Crippen LogP contribution is 2.16. The Morgan fingerprint density at radius 1 is 1.32 bits per heavy atom. The van der Waals surface area contributed by atoms with Gasteiger partial charge in [0, 0.05) is 28.2 Å². The first-order valence-electron chi connectivity index (χ1n) is 6.01. The standard InChI is InChI=1S/C15H12N2OS/c1-10-9-19-15(17-10)8-14(18)12-4-5-13-11(7-12)3-2-6-16-13/h2-7,9H,8H2,1H3. The third-order valence-electron chi connectivity index (χ3n) is 2.90. The van der Waals surface area contributed by atoms with Crippen molar-refractivity contribution in [2.45, 2.75) is 13.3 Å². The van der Waals surface area contributed by atoms with Crippen LogP contribution in [0.25, 0.3) is 10.9 Å². The van der Waals surface area contributed by atoms with Gasteiger partial charge in [0.1, 0.15) is 5.01 Å². The van der Waals surface area contributed by atoms with E-state index < -0.39 is 0 Å². The number of thiazole rings is 1. The summed E-state index contributed by atoms with van der Waals surface area (Å²) in [5.41, 5.74) is 2.59. The Morgan fingerprint density at radius 2 is 2.21 bits per heavy atom. The Hall–Kier alpha value is -2.07. The third-order valence-corrected chi connectivity index (χ3v) is 3.87. The summed E-state index contributed by atoms with van der Waals surface area (Å²) in [4.78, 5) is 20.8. The van der Waals surface area contributed by atoms with E-state index in [2.05, 4.69) is 9.97 Å². The summed E-state index contributed by atoms with van der Waals surface area (Å²) in [5, 5.41) is 3.82. The summed E-state index contributed by atoms with van der Waals surface area (Å²) in [6.45, 7) is 1.94. The van der Waals surface area contributed by atoms with Gasteiger partial charge in [-0.15, -0.1) is 11.3 Å². The Kier molecular flexibility index (Phi) is 3.09. The number of hydrogen-bond donors (Lipinski definition) is 0. The second-order valence-corrected chi connectivity index (χ2v) is 5.34. The summed E-state index contributed by atoms with van der Waals surface area (Å²) < 4.78 is 0. The van der Waals surface area contributed by atoms with Gasteiger partial charge in [-0.25, -0.2) is 4.98 Å². The lowest BCUT2D eigenvalue weighted by Crippen LogP contribution is -2.03. The molecule has 2 heterocycles. The van der Waals surface area contributed by atoms with Crippen LogP contribution in [0.15, 0.2) is 41.9 Å². The number of pyridine rings is 1. The predicted octanol–water partition coefficient (Wildman–Crippen LogP) is 3.43. The first-order valence-corrected chi connectivity index (χ1v) is 6.89. The van der Waals surface area contributed by atoms with Crippen LogP contribution < -0.4 is 0 Å². The maximum absolute atomic E-state index is 12.2. The molecular formula is C15H12N2OS. The van der Waals surface area contributed by atoms with Crippen molar-refractivity contribution in [2.24, 2.45) is 0 Å². The second kappa shape index (κ2) is 4.90. The van der Waals surface area contributed by atoms with E-state index in [1.807, 2.05) is 42.6 Å². The van der Waals surface area contributed by atoms with E-state index in [4.69, 9.17) is 0 Å². The molecule has 0 saturated carbocycles. The SMILES string of the molecule is Cc1csc(CC(=O)c2ccc3ncccc3c2)n1. The van der Waals surface area contributed by atoms with Crippen molar-refractivity contribution in [1.29, 1.82) is 0 Å². The third kappa shape index (κ3) is 2.53. The van der Waals surface area contributed by atoms with Crippen LogP contribution in [-0.4, -0.2) is 15.8 Å². The average Bonchev–Trinajstić information content (AvgIpc) is 2.83. The molecule has 0 unspecified atom stereocenters. The minimum Gasteiger partial charge on any atom is -0.294 e. The van der Waals surface area contributed by atoms with E-state index in [0.717, 1.165) is 21.6 Å². The molecule has 1 aromatic carbocycles. The van der Waals surface area contributed by atoms with Gasteiger partial charge < -0.3 is 0 Å². The molecule has 0 fully saturated rings. The molecule has 0 bridgehead atoms. The van der Waals surface area contributed by atoms with Crippen molar-refractivity contribution in [3.8, 4) is 0 Å². The molecule has 0 N–H and O–H groups in total. The number of benzene rings is 1. The molecule has 94 valence electrons. The zero-order chi connectivity index (χ0) is 13.2. The average molecular weight is 268 g/mol. The molecule has 3 aromatic rings. The number of rotatable bonds is 3. The van der Waals surface area contributed by atoms with Crippen molar-refractivity contribution in [2.75, 3.05) is 0 Å². The zero-order valence-corrected chi connectivity index (χ0v) is 11.3. The maximum atomic E-state index is 12.2. The van der Waals surface area contributed by atoms with Gasteiger partial charge in [0.05, 0.1) is 11.9 Å². The summed E-state index contributed by atoms with van der Waals surface area (Å²) >= 11 is 1.53. The van der Waals surface area contributed by atoms with Gasteiger partial charge in [-0.05, 0) is 31.2 Å². The highest BCUT2D eigenvalue weighted by atomic mass is 32.1. The van der Waals surface area contributed by atoms with Crippen molar-refractivity contribution < 1.29 is 4.79 Å². The fraction of sp³-hybridized carbons (Fsp3) is 0.133. The molecular weight excluding hydrogens is 256 g/mol. The molecule has 4 heteroatoms. The van der Waals surface area contributed by atoms with Crippen molar-refractivity contribution in [3.63, 3.8) is 0 Å². The largest absolute Gasteiger partial charge is 0.294 e. The number of aromatic nitrogens is 2. The molecule has 0 aliphatic carbocycles. The van der Waals surface area contributed by atoms with Crippen molar-refractivity contribution in [3.05, 3.63) is 58.2 Å². The number of fused-ring (bicyclic) bond motifs is 1. The molecule has 3 rings (SSSR count). The number of carbonyl (C=O) groups is 1. The predicted molar refractivity (Wildman–Crippen MR) is 76.6 cm³/mol. The van der Waals surface area contributed by atoms with Crippen LogP contribution in [0.4, 0.5) is 0 Å². The molecule has 0 amide bonds. The first-order chi connectivity index (χ1) is 9.22. The maximum Gasteiger partial charge on any atom is 0.169 e. The summed E-state index contributed by atoms with van der Waals surface area (Å²) in [7, 11) is 0. The Bertz CT molecular complexity index is 748. The number of Topliss-reactive ketones (excluding diaryl/α,β-unsaturated/α-hetero) is 1. The second-order valence-electron chi connectivity index (χ2n) is 4.39. The van der Waals surface area contributed by atoms with Crippen LogP contribution in [0.3, 0.4) is 0 Å². The molecule has 2 aromatic heterocycles. The quantitative estimate of drug-likeness (QED) is 0.683. The number of hydrogen-bond acceptors (Lipinski definition) is 4. The fourth-order valence-electron chi connectivity index (χ4n) is 1.97. The lowest BCUT2D eigenvalue weighted by molar-refractivity contribution is 0.0993. The topological polar surface area (TPSA) is 42.9 Å². The van der Waals surface area contributed by atoms with Crippen LogP contribution in [-0.2, 0) is 6.42 Å². The lowest BCUT2D eigenvalue weighted by Gasteiger charge is -2.01. The van der Waals surface area contributed by atoms with Crippen LogP contribution >= 0.6 is 11.3 Å². The highest BCUT2D eigenvalue weighted by molar-refractivity contribution is 7.09. The van der Waals surface area contributed by atoms with E-state index in [-0.39, 0.29) is 5.78 Å². The molecule has 19 heavy (non-hydrogen) atoms. The summed E-state index contributed by atoms with van der Waals surface area (Å²) in [6, 6.07) is 9.45. The smallest absolute Gasteiger partial charge is 0.169 e. The van der Waals surface area contributed by atoms with Gasteiger partial charge in [-0.1, -0.05) is 6.07 Å². The molecule has 0 radical (unpaired) electrons. The van der Waals surface area contributed by atoms with Crippen LogP contribution in [0.1, 0.15) is 21.1 Å². The van der Waals surface area contributed by atoms with Gasteiger partial charge in [0.15, 0.2) is 5.78 Å². The number of nitrogens with zero attached hydrogens (tertiary/aromatic N) is 2. The fourth-order valence-corrected chi connectivity index (χ4v) is 2.74. The van der Waals surface area contributed by atoms with Gasteiger partial charge >= 0.3 is 0 Å². The molecule has 3 nitrogen and oxygen atoms in total.